The molecule has 1 rings (SSSR count). The van der Waals surface area contributed by atoms with E-state index in [0.29, 0.717) is 0 Å². The van der Waals surface area contributed by atoms with Gasteiger partial charge in [-0.05, 0) is 25.6 Å². The summed E-state index contributed by atoms with van der Waals surface area (Å²) in [5.41, 5.74) is 11.2. The number of carbonyl (C=O) groups excluding carboxylic acids is 1. The van der Waals surface area contributed by atoms with E-state index < -0.39 is 0 Å². The van der Waals surface area contributed by atoms with E-state index >= 15 is 0 Å². The first-order valence-electron chi connectivity index (χ1n) is 5.33. The Morgan fingerprint density at radius 2 is 2.31 bits per heavy atom. The maximum Gasteiger partial charge on any atom is 0.231 e. The SMILES string of the molecule is CCC(N)C(c1ccco1)N(C)CC(N)=O. The van der Waals surface area contributed by atoms with Crippen LogP contribution in [0.5, 0.6) is 0 Å². The van der Waals surface area contributed by atoms with Gasteiger partial charge < -0.3 is 15.9 Å². The average molecular weight is 225 g/mol. The van der Waals surface area contributed by atoms with Crippen LogP contribution in [0.4, 0.5) is 0 Å². The molecule has 16 heavy (non-hydrogen) atoms. The third kappa shape index (κ3) is 3.08. The van der Waals surface area contributed by atoms with E-state index in [-0.39, 0.29) is 24.5 Å². The fraction of sp³-hybridized carbons (Fsp3) is 0.545. The highest BCUT2D eigenvalue weighted by atomic mass is 16.3. The smallest absolute Gasteiger partial charge is 0.231 e. The summed E-state index contributed by atoms with van der Waals surface area (Å²) in [6, 6.07) is 3.46. The molecular formula is C11H19N3O2. The second-order valence-corrected chi connectivity index (χ2v) is 3.91. The summed E-state index contributed by atoms with van der Waals surface area (Å²) in [7, 11) is 1.81. The van der Waals surface area contributed by atoms with Gasteiger partial charge in [-0.2, -0.15) is 0 Å². The summed E-state index contributed by atoms with van der Waals surface area (Å²) in [6.07, 6.45) is 2.40. The van der Waals surface area contributed by atoms with E-state index in [4.69, 9.17) is 15.9 Å². The quantitative estimate of drug-likeness (QED) is 0.737. The van der Waals surface area contributed by atoms with Crippen molar-refractivity contribution in [1.82, 2.24) is 4.90 Å². The zero-order valence-electron chi connectivity index (χ0n) is 9.72. The summed E-state index contributed by atoms with van der Waals surface area (Å²) >= 11 is 0. The average Bonchev–Trinajstić information content (AvgIpc) is 2.69. The minimum atomic E-state index is -0.373. The van der Waals surface area contributed by atoms with Crippen molar-refractivity contribution in [3.8, 4) is 0 Å². The number of hydrogen-bond acceptors (Lipinski definition) is 4. The Morgan fingerprint density at radius 3 is 2.75 bits per heavy atom. The third-order valence-electron chi connectivity index (χ3n) is 2.59. The monoisotopic (exact) mass is 225 g/mol. The Morgan fingerprint density at radius 1 is 1.62 bits per heavy atom. The van der Waals surface area contributed by atoms with E-state index in [1.54, 1.807) is 6.26 Å². The number of primary amides is 1. The molecule has 0 aliphatic heterocycles. The van der Waals surface area contributed by atoms with Gasteiger partial charge >= 0.3 is 0 Å². The van der Waals surface area contributed by atoms with Gasteiger partial charge in [0.15, 0.2) is 0 Å². The van der Waals surface area contributed by atoms with Gasteiger partial charge in [0, 0.05) is 6.04 Å². The first-order chi connectivity index (χ1) is 7.56. The van der Waals surface area contributed by atoms with Crippen molar-refractivity contribution < 1.29 is 9.21 Å². The van der Waals surface area contributed by atoms with Crippen molar-refractivity contribution >= 4 is 5.91 Å². The van der Waals surface area contributed by atoms with E-state index in [1.807, 2.05) is 31.0 Å². The Balaban J connectivity index is 2.83. The van der Waals surface area contributed by atoms with E-state index in [0.717, 1.165) is 12.2 Å². The standard InChI is InChI=1S/C11H19N3O2/c1-3-8(12)11(9-5-4-6-16-9)14(2)7-10(13)15/h4-6,8,11H,3,7,12H2,1-2H3,(H2,13,15). The molecule has 1 amide bonds. The summed E-state index contributed by atoms with van der Waals surface area (Å²) in [6.45, 7) is 2.16. The summed E-state index contributed by atoms with van der Waals surface area (Å²) in [5.74, 6) is 0.389. The molecule has 1 heterocycles. The molecule has 1 aromatic rings. The molecule has 0 bridgehead atoms. The molecule has 5 nitrogen and oxygen atoms in total. The van der Waals surface area contributed by atoms with Crippen LogP contribution in [0.25, 0.3) is 0 Å². The second kappa shape index (κ2) is 5.67. The minimum Gasteiger partial charge on any atom is -0.468 e. The highest BCUT2D eigenvalue weighted by Crippen LogP contribution is 2.23. The van der Waals surface area contributed by atoms with Crippen molar-refractivity contribution in [3.05, 3.63) is 24.2 Å². The Labute approximate surface area is 95.4 Å². The summed E-state index contributed by atoms with van der Waals surface area (Å²) in [4.78, 5) is 12.7. The molecule has 1 aromatic heterocycles. The molecular weight excluding hydrogens is 206 g/mol. The van der Waals surface area contributed by atoms with Crippen molar-refractivity contribution in [1.29, 1.82) is 0 Å². The summed E-state index contributed by atoms with van der Waals surface area (Å²) in [5, 5.41) is 0. The van der Waals surface area contributed by atoms with Gasteiger partial charge in [0.25, 0.3) is 0 Å². The molecule has 0 saturated heterocycles. The number of hydrogen-bond donors (Lipinski definition) is 2. The van der Waals surface area contributed by atoms with Gasteiger partial charge in [-0.25, -0.2) is 0 Å². The van der Waals surface area contributed by atoms with Crippen LogP contribution in [0.1, 0.15) is 25.1 Å². The van der Waals surface area contributed by atoms with E-state index in [9.17, 15) is 4.79 Å². The van der Waals surface area contributed by atoms with Gasteiger partial charge in [0.2, 0.25) is 5.91 Å². The number of likely N-dealkylation sites (N-methyl/N-ethyl adjacent to an activating group) is 1. The van der Waals surface area contributed by atoms with Crippen LogP contribution in [0.15, 0.2) is 22.8 Å². The van der Waals surface area contributed by atoms with Crippen LogP contribution >= 0.6 is 0 Å². The number of nitrogens with zero attached hydrogens (tertiary/aromatic N) is 1. The van der Waals surface area contributed by atoms with Crippen LogP contribution in [0.2, 0.25) is 0 Å². The lowest BCUT2D eigenvalue weighted by molar-refractivity contribution is -0.119. The van der Waals surface area contributed by atoms with Gasteiger partial charge in [-0.15, -0.1) is 0 Å². The first kappa shape index (κ1) is 12.7. The molecule has 0 fully saturated rings. The molecule has 0 saturated carbocycles. The van der Waals surface area contributed by atoms with Crippen LogP contribution in [-0.2, 0) is 4.79 Å². The largest absolute Gasteiger partial charge is 0.468 e. The lowest BCUT2D eigenvalue weighted by atomic mass is 10.0. The highest BCUT2D eigenvalue weighted by Gasteiger charge is 2.26. The first-order valence-corrected chi connectivity index (χ1v) is 5.33. The number of furan rings is 1. The van der Waals surface area contributed by atoms with Crippen LogP contribution in [-0.4, -0.2) is 30.4 Å². The maximum absolute atomic E-state index is 10.9. The molecule has 0 spiro atoms. The number of rotatable bonds is 6. The lowest BCUT2D eigenvalue weighted by Gasteiger charge is -2.29. The van der Waals surface area contributed by atoms with E-state index in [2.05, 4.69) is 0 Å². The number of carbonyl (C=O) groups is 1. The normalized spacial score (nSPS) is 15.0. The van der Waals surface area contributed by atoms with Crippen molar-refractivity contribution in [3.63, 3.8) is 0 Å². The Kier molecular flexibility index (Phi) is 4.52. The van der Waals surface area contributed by atoms with Crippen LogP contribution in [0.3, 0.4) is 0 Å². The predicted molar refractivity (Wildman–Crippen MR) is 61.5 cm³/mol. The number of amides is 1. The van der Waals surface area contributed by atoms with Crippen molar-refractivity contribution in [2.45, 2.75) is 25.4 Å². The van der Waals surface area contributed by atoms with Crippen LogP contribution < -0.4 is 11.5 Å². The molecule has 4 N–H and O–H groups in total. The Hall–Kier alpha value is -1.33. The van der Waals surface area contributed by atoms with E-state index in [1.165, 1.54) is 0 Å². The highest BCUT2D eigenvalue weighted by molar-refractivity contribution is 5.75. The van der Waals surface area contributed by atoms with Gasteiger partial charge in [-0.1, -0.05) is 6.92 Å². The molecule has 0 aliphatic carbocycles. The zero-order valence-corrected chi connectivity index (χ0v) is 9.72. The fourth-order valence-electron chi connectivity index (χ4n) is 1.78. The minimum absolute atomic E-state index is 0.0875. The van der Waals surface area contributed by atoms with Crippen molar-refractivity contribution in [2.24, 2.45) is 11.5 Å². The van der Waals surface area contributed by atoms with Crippen LogP contribution in [0, 0.1) is 0 Å². The second-order valence-electron chi connectivity index (χ2n) is 3.91. The molecule has 2 unspecified atom stereocenters. The number of nitrogens with two attached hydrogens (primary N) is 2. The van der Waals surface area contributed by atoms with Gasteiger partial charge in [0.05, 0.1) is 18.8 Å². The topological polar surface area (TPSA) is 85.5 Å². The lowest BCUT2D eigenvalue weighted by Crippen LogP contribution is -2.42. The molecule has 0 aromatic carbocycles. The maximum atomic E-state index is 10.9. The zero-order chi connectivity index (χ0) is 12.1. The fourth-order valence-corrected chi connectivity index (χ4v) is 1.78. The Bertz CT molecular complexity index is 324. The molecule has 90 valence electrons. The van der Waals surface area contributed by atoms with Gasteiger partial charge in [-0.3, -0.25) is 9.69 Å². The van der Waals surface area contributed by atoms with Crippen molar-refractivity contribution in [2.75, 3.05) is 13.6 Å². The molecule has 0 aliphatic rings. The summed E-state index contributed by atoms with van der Waals surface area (Å²) < 4.78 is 5.35. The third-order valence-corrected chi connectivity index (χ3v) is 2.59. The molecule has 0 radical (unpaired) electrons. The molecule has 2 atom stereocenters. The molecule has 5 heteroatoms. The predicted octanol–water partition coefficient (Wildman–Crippen LogP) is 0.475. The van der Waals surface area contributed by atoms with Gasteiger partial charge in [0.1, 0.15) is 5.76 Å².